The maximum absolute atomic E-state index is 12.4. The van der Waals surface area contributed by atoms with Gasteiger partial charge in [-0.1, -0.05) is 30.3 Å². The number of amides is 3. The molecule has 1 saturated heterocycles. The number of rotatable bonds is 4. The fourth-order valence-corrected chi connectivity index (χ4v) is 2.92. The van der Waals surface area contributed by atoms with E-state index >= 15 is 0 Å². The van der Waals surface area contributed by atoms with Gasteiger partial charge < -0.3 is 15.5 Å². The molecule has 1 heterocycles. The van der Waals surface area contributed by atoms with Gasteiger partial charge in [-0.15, -0.1) is 0 Å². The molecule has 0 saturated carbocycles. The molecule has 0 radical (unpaired) electrons. The van der Waals surface area contributed by atoms with E-state index in [0.717, 1.165) is 37.2 Å². The van der Waals surface area contributed by atoms with Crippen LogP contribution in [0.3, 0.4) is 0 Å². The fraction of sp³-hybridized carbons (Fsp3) is 0.300. The molecular formula is C20H23N3O2. The summed E-state index contributed by atoms with van der Waals surface area (Å²) in [6.45, 7) is 2.11. The minimum Gasteiger partial charge on any atom is -0.339 e. The number of carbonyl (C=O) groups is 2. The Balaban J connectivity index is 1.50. The molecule has 2 aromatic carbocycles. The third-order valence-corrected chi connectivity index (χ3v) is 4.33. The van der Waals surface area contributed by atoms with Crippen molar-refractivity contribution in [3.8, 4) is 0 Å². The standard InChI is InChI=1S/C20H23N3O2/c24-19(23-13-5-2-6-14-23)17-11-9-16(10-12-17)15-21-20(25)22-18-7-3-1-4-8-18/h1,3-4,7-12H,2,5-6,13-15H2,(H2,21,22,25). The van der Waals surface area contributed by atoms with Crippen molar-refractivity contribution in [3.05, 3.63) is 65.7 Å². The number of para-hydroxylation sites is 1. The molecule has 5 nitrogen and oxygen atoms in total. The molecule has 0 aromatic heterocycles. The van der Waals surface area contributed by atoms with E-state index in [2.05, 4.69) is 10.6 Å². The van der Waals surface area contributed by atoms with Gasteiger partial charge >= 0.3 is 6.03 Å². The topological polar surface area (TPSA) is 61.4 Å². The summed E-state index contributed by atoms with van der Waals surface area (Å²) in [4.78, 5) is 26.2. The predicted octanol–water partition coefficient (Wildman–Crippen LogP) is 3.63. The molecular weight excluding hydrogens is 314 g/mol. The summed E-state index contributed by atoms with van der Waals surface area (Å²) in [6, 6.07) is 16.5. The molecule has 2 N–H and O–H groups in total. The van der Waals surface area contributed by atoms with Crippen molar-refractivity contribution in [1.82, 2.24) is 10.2 Å². The van der Waals surface area contributed by atoms with Crippen LogP contribution in [0.5, 0.6) is 0 Å². The van der Waals surface area contributed by atoms with Gasteiger partial charge in [-0.3, -0.25) is 4.79 Å². The summed E-state index contributed by atoms with van der Waals surface area (Å²) in [5.41, 5.74) is 2.42. The Morgan fingerprint density at radius 2 is 1.56 bits per heavy atom. The third-order valence-electron chi connectivity index (χ3n) is 4.33. The van der Waals surface area contributed by atoms with Crippen molar-refractivity contribution < 1.29 is 9.59 Å². The van der Waals surface area contributed by atoms with E-state index in [-0.39, 0.29) is 11.9 Å². The summed E-state index contributed by atoms with van der Waals surface area (Å²) in [5.74, 6) is 0.0982. The molecule has 1 aliphatic rings. The summed E-state index contributed by atoms with van der Waals surface area (Å²) in [6.07, 6.45) is 3.38. The van der Waals surface area contributed by atoms with Gasteiger partial charge in [0.05, 0.1) is 0 Å². The summed E-state index contributed by atoms with van der Waals surface area (Å²) in [7, 11) is 0. The molecule has 0 bridgehead atoms. The lowest BCUT2D eigenvalue weighted by Gasteiger charge is -2.26. The van der Waals surface area contributed by atoms with Crippen molar-refractivity contribution in [2.45, 2.75) is 25.8 Å². The predicted molar refractivity (Wildman–Crippen MR) is 98.5 cm³/mol. The Labute approximate surface area is 148 Å². The zero-order chi connectivity index (χ0) is 17.5. The molecule has 2 aromatic rings. The summed E-state index contributed by atoms with van der Waals surface area (Å²) in [5, 5.41) is 5.59. The van der Waals surface area contributed by atoms with E-state index < -0.39 is 0 Å². The Morgan fingerprint density at radius 1 is 0.880 bits per heavy atom. The Bertz CT molecular complexity index is 707. The first-order valence-corrected chi connectivity index (χ1v) is 8.70. The minimum absolute atomic E-state index is 0.0982. The second-order valence-electron chi connectivity index (χ2n) is 6.22. The number of nitrogens with zero attached hydrogens (tertiary/aromatic N) is 1. The first-order valence-electron chi connectivity index (χ1n) is 8.70. The molecule has 25 heavy (non-hydrogen) atoms. The molecule has 0 aliphatic carbocycles. The first kappa shape index (κ1) is 17.0. The monoisotopic (exact) mass is 337 g/mol. The maximum Gasteiger partial charge on any atom is 0.319 e. The van der Waals surface area contributed by atoms with Crippen LogP contribution in [-0.4, -0.2) is 29.9 Å². The second-order valence-corrected chi connectivity index (χ2v) is 6.22. The number of nitrogens with one attached hydrogen (secondary N) is 2. The molecule has 0 unspecified atom stereocenters. The van der Waals surface area contributed by atoms with Gasteiger partial charge in [0.2, 0.25) is 0 Å². The SMILES string of the molecule is O=C(NCc1ccc(C(=O)N2CCCCC2)cc1)Nc1ccccc1. The number of likely N-dealkylation sites (tertiary alicyclic amines) is 1. The van der Waals surface area contributed by atoms with Crippen LogP contribution in [0, 0.1) is 0 Å². The number of carbonyl (C=O) groups excluding carboxylic acids is 2. The Hall–Kier alpha value is -2.82. The zero-order valence-corrected chi connectivity index (χ0v) is 14.2. The van der Waals surface area contributed by atoms with Gasteiger partial charge in [0.1, 0.15) is 0 Å². The van der Waals surface area contributed by atoms with E-state index in [0.29, 0.717) is 12.1 Å². The molecule has 1 fully saturated rings. The number of piperidine rings is 1. The van der Waals surface area contributed by atoms with E-state index in [1.165, 1.54) is 6.42 Å². The highest BCUT2D eigenvalue weighted by Crippen LogP contribution is 2.14. The van der Waals surface area contributed by atoms with Crippen LogP contribution in [0.1, 0.15) is 35.2 Å². The number of urea groups is 1. The Kier molecular flexibility index (Phi) is 5.67. The van der Waals surface area contributed by atoms with Crippen LogP contribution in [0.2, 0.25) is 0 Å². The van der Waals surface area contributed by atoms with Crippen molar-refractivity contribution in [3.63, 3.8) is 0 Å². The number of anilines is 1. The van der Waals surface area contributed by atoms with Gasteiger partial charge in [0, 0.05) is 30.9 Å². The van der Waals surface area contributed by atoms with Crippen LogP contribution in [0.4, 0.5) is 10.5 Å². The minimum atomic E-state index is -0.250. The molecule has 1 aliphatic heterocycles. The molecule has 3 amide bonds. The van der Waals surface area contributed by atoms with Crippen molar-refractivity contribution in [2.75, 3.05) is 18.4 Å². The quantitative estimate of drug-likeness (QED) is 0.895. The lowest BCUT2D eigenvalue weighted by atomic mass is 10.1. The molecule has 5 heteroatoms. The third kappa shape index (κ3) is 4.83. The van der Waals surface area contributed by atoms with E-state index in [4.69, 9.17) is 0 Å². The zero-order valence-electron chi connectivity index (χ0n) is 14.2. The van der Waals surface area contributed by atoms with E-state index in [1.54, 1.807) is 0 Å². The highest BCUT2D eigenvalue weighted by Gasteiger charge is 2.17. The largest absolute Gasteiger partial charge is 0.339 e. The van der Waals surface area contributed by atoms with Gasteiger partial charge in [0.25, 0.3) is 5.91 Å². The van der Waals surface area contributed by atoms with Crippen LogP contribution in [0.15, 0.2) is 54.6 Å². The van der Waals surface area contributed by atoms with E-state index in [9.17, 15) is 9.59 Å². The average molecular weight is 337 g/mol. The molecule has 130 valence electrons. The summed E-state index contributed by atoms with van der Waals surface area (Å²) >= 11 is 0. The highest BCUT2D eigenvalue weighted by atomic mass is 16.2. The highest BCUT2D eigenvalue weighted by molar-refractivity contribution is 5.94. The van der Waals surface area contributed by atoms with Crippen molar-refractivity contribution in [2.24, 2.45) is 0 Å². The van der Waals surface area contributed by atoms with Crippen LogP contribution in [-0.2, 0) is 6.54 Å². The first-order chi connectivity index (χ1) is 12.2. The van der Waals surface area contributed by atoms with Crippen LogP contribution >= 0.6 is 0 Å². The van der Waals surface area contributed by atoms with Gasteiger partial charge in [-0.25, -0.2) is 4.79 Å². The van der Waals surface area contributed by atoms with Gasteiger partial charge in [0.15, 0.2) is 0 Å². The van der Waals surface area contributed by atoms with Crippen molar-refractivity contribution in [1.29, 1.82) is 0 Å². The van der Waals surface area contributed by atoms with Gasteiger partial charge in [-0.05, 0) is 49.1 Å². The van der Waals surface area contributed by atoms with Crippen LogP contribution in [0.25, 0.3) is 0 Å². The van der Waals surface area contributed by atoms with Crippen LogP contribution < -0.4 is 10.6 Å². The lowest BCUT2D eigenvalue weighted by molar-refractivity contribution is 0.0724. The number of hydrogen-bond donors (Lipinski definition) is 2. The average Bonchev–Trinajstić information content (AvgIpc) is 2.68. The fourth-order valence-electron chi connectivity index (χ4n) is 2.92. The molecule has 0 atom stereocenters. The molecule has 0 spiro atoms. The van der Waals surface area contributed by atoms with Gasteiger partial charge in [-0.2, -0.15) is 0 Å². The Morgan fingerprint density at radius 3 is 2.24 bits per heavy atom. The van der Waals surface area contributed by atoms with E-state index in [1.807, 2.05) is 59.5 Å². The second kappa shape index (κ2) is 8.33. The normalized spacial score (nSPS) is 14.0. The van der Waals surface area contributed by atoms with Crippen molar-refractivity contribution >= 4 is 17.6 Å². The summed E-state index contributed by atoms with van der Waals surface area (Å²) < 4.78 is 0. The number of hydrogen-bond acceptors (Lipinski definition) is 2. The number of benzene rings is 2. The smallest absolute Gasteiger partial charge is 0.319 e. The maximum atomic E-state index is 12.4. The lowest BCUT2D eigenvalue weighted by Crippen LogP contribution is -2.35. The molecule has 3 rings (SSSR count).